The SMILES string of the molecule is CCCC(N)CC(=O)Nc1ccccc1OCC(C)C. The summed E-state index contributed by atoms with van der Waals surface area (Å²) in [5.41, 5.74) is 6.59. The van der Waals surface area contributed by atoms with Crippen molar-refractivity contribution in [3.05, 3.63) is 24.3 Å². The van der Waals surface area contributed by atoms with Gasteiger partial charge in [-0.1, -0.05) is 39.3 Å². The number of amides is 1. The lowest BCUT2D eigenvalue weighted by atomic mass is 10.1. The number of carbonyl (C=O) groups is 1. The Bertz CT molecular complexity index is 419. The second kappa shape index (κ2) is 8.59. The molecule has 0 saturated carbocycles. The maximum atomic E-state index is 11.9. The highest BCUT2D eigenvalue weighted by Crippen LogP contribution is 2.24. The fraction of sp³-hybridized carbons (Fsp3) is 0.562. The maximum Gasteiger partial charge on any atom is 0.226 e. The van der Waals surface area contributed by atoms with Crippen molar-refractivity contribution in [3.63, 3.8) is 0 Å². The summed E-state index contributed by atoms with van der Waals surface area (Å²) in [4.78, 5) is 11.9. The summed E-state index contributed by atoms with van der Waals surface area (Å²) in [6.45, 7) is 6.87. The van der Waals surface area contributed by atoms with Crippen molar-refractivity contribution in [3.8, 4) is 5.75 Å². The van der Waals surface area contributed by atoms with Crippen LogP contribution in [0.1, 0.15) is 40.0 Å². The molecule has 0 saturated heterocycles. The van der Waals surface area contributed by atoms with E-state index in [2.05, 4.69) is 26.1 Å². The first-order chi connectivity index (χ1) is 9.52. The van der Waals surface area contributed by atoms with E-state index in [-0.39, 0.29) is 11.9 Å². The molecule has 0 bridgehead atoms. The number of nitrogens with two attached hydrogens (primary N) is 1. The number of para-hydroxylation sites is 2. The Balaban J connectivity index is 2.60. The Morgan fingerprint density at radius 3 is 2.70 bits per heavy atom. The van der Waals surface area contributed by atoms with Crippen molar-refractivity contribution in [1.82, 2.24) is 0 Å². The van der Waals surface area contributed by atoms with E-state index in [1.807, 2.05) is 24.3 Å². The zero-order chi connectivity index (χ0) is 15.0. The zero-order valence-corrected chi connectivity index (χ0v) is 12.7. The van der Waals surface area contributed by atoms with Gasteiger partial charge >= 0.3 is 0 Å². The molecule has 0 fully saturated rings. The second-order valence-electron chi connectivity index (χ2n) is 5.50. The van der Waals surface area contributed by atoms with E-state index in [9.17, 15) is 4.79 Å². The normalized spacial score (nSPS) is 12.2. The summed E-state index contributed by atoms with van der Waals surface area (Å²) in [7, 11) is 0. The first kappa shape index (κ1) is 16.5. The average Bonchev–Trinajstić information content (AvgIpc) is 2.37. The van der Waals surface area contributed by atoms with E-state index in [0.717, 1.165) is 12.8 Å². The average molecular weight is 278 g/mol. The number of ether oxygens (including phenoxy) is 1. The zero-order valence-electron chi connectivity index (χ0n) is 12.7. The van der Waals surface area contributed by atoms with Crippen LogP contribution in [0.2, 0.25) is 0 Å². The standard InChI is InChI=1S/C16H26N2O2/c1-4-7-13(17)10-16(19)18-14-8-5-6-9-15(14)20-11-12(2)3/h5-6,8-9,12-13H,4,7,10-11,17H2,1-3H3,(H,18,19). The summed E-state index contributed by atoms with van der Waals surface area (Å²) in [5.74, 6) is 1.09. The van der Waals surface area contributed by atoms with Gasteiger partial charge in [0.1, 0.15) is 5.75 Å². The molecule has 0 aromatic heterocycles. The molecule has 0 aliphatic rings. The third kappa shape index (κ3) is 6.06. The monoisotopic (exact) mass is 278 g/mol. The number of carbonyl (C=O) groups excluding carboxylic acids is 1. The smallest absolute Gasteiger partial charge is 0.226 e. The van der Waals surface area contributed by atoms with Crippen LogP contribution in [-0.2, 0) is 4.79 Å². The van der Waals surface area contributed by atoms with Gasteiger partial charge in [0.25, 0.3) is 0 Å². The molecule has 1 atom stereocenters. The minimum absolute atomic E-state index is 0.0634. The van der Waals surface area contributed by atoms with Crippen LogP contribution >= 0.6 is 0 Å². The number of hydrogen-bond donors (Lipinski definition) is 2. The third-order valence-corrected chi connectivity index (χ3v) is 2.84. The molecule has 0 radical (unpaired) electrons. The van der Waals surface area contributed by atoms with E-state index in [4.69, 9.17) is 10.5 Å². The second-order valence-corrected chi connectivity index (χ2v) is 5.50. The highest BCUT2D eigenvalue weighted by Gasteiger charge is 2.11. The molecule has 1 aromatic rings. The van der Waals surface area contributed by atoms with Gasteiger partial charge in [0.2, 0.25) is 5.91 Å². The molecule has 20 heavy (non-hydrogen) atoms. The number of rotatable bonds is 8. The minimum Gasteiger partial charge on any atom is -0.491 e. The van der Waals surface area contributed by atoms with Crippen molar-refractivity contribution < 1.29 is 9.53 Å². The first-order valence-corrected chi connectivity index (χ1v) is 7.30. The molecule has 1 amide bonds. The van der Waals surface area contributed by atoms with E-state index in [1.54, 1.807) is 0 Å². The Labute approximate surface area is 121 Å². The summed E-state index contributed by atoms with van der Waals surface area (Å²) in [5, 5.41) is 2.88. The third-order valence-electron chi connectivity index (χ3n) is 2.84. The van der Waals surface area contributed by atoms with Crippen LogP contribution in [0.3, 0.4) is 0 Å². The fourth-order valence-corrected chi connectivity index (χ4v) is 1.86. The summed E-state index contributed by atoms with van der Waals surface area (Å²) < 4.78 is 5.71. The fourth-order valence-electron chi connectivity index (χ4n) is 1.86. The quantitative estimate of drug-likeness (QED) is 0.767. The van der Waals surface area contributed by atoms with Gasteiger partial charge in [0.15, 0.2) is 0 Å². The molecule has 4 nitrogen and oxygen atoms in total. The van der Waals surface area contributed by atoms with Crippen molar-refractivity contribution in [1.29, 1.82) is 0 Å². The number of hydrogen-bond acceptors (Lipinski definition) is 3. The lowest BCUT2D eigenvalue weighted by molar-refractivity contribution is -0.116. The highest BCUT2D eigenvalue weighted by molar-refractivity contribution is 5.92. The van der Waals surface area contributed by atoms with Gasteiger partial charge in [0.05, 0.1) is 12.3 Å². The van der Waals surface area contributed by atoms with Crippen molar-refractivity contribution in [2.24, 2.45) is 11.7 Å². The molecule has 1 aromatic carbocycles. The molecule has 1 unspecified atom stereocenters. The van der Waals surface area contributed by atoms with Gasteiger partial charge in [-0.2, -0.15) is 0 Å². The van der Waals surface area contributed by atoms with Crippen LogP contribution in [0, 0.1) is 5.92 Å². The van der Waals surface area contributed by atoms with E-state index >= 15 is 0 Å². The van der Waals surface area contributed by atoms with Gasteiger partial charge in [0, 0.05) is 12.5 Å². The molecule has 0 spiro atoms. The molecule has 3 N–H and O–H groups in total. The van der Waals surface area contributed by atoms with Gasteiger partial charge in [-0.05, 0) is 24.5 Å². The van der Waals surface area contributed by atoms with Crippen LogP contribution in [0.25, 0.3) is 0 Å². The summed E-state index contributed by atoms with van der Waals surface area (Å²) in [6.07, 6.45) is 2.19. The number of anilines is 1. The van der Waals surface area contributed by atoms with Crippen LogP contribution in [0.4, 0.5) is 5.69 Å². The minimum atomic E-state index is -0.0799. The predicted molar refractivity (Wildman–Crippen MR) is 82.9 cm³/mol. The first-order valence-electron chi connectivity index (χ1n) is 7.30. The molecule has 1 rings (SSSR count). The molecule has 112 valence electrons. The number of benzene rings is 1. The largest absolute Gasteiger partial charge is 0.491 e. The molecular formula is C16H26N2O2. The lowest BCUT2D eigenvalue weighted by Crippen LogP contribution is -2.27. The molecule has 0 aliphatic carbocycles. The Morgan fingerprint density at radius 1 is 1.35 bits per heavy atom. The van der Waals surface area contributed by atoms with E-state index < -0.39 is 0 Å². The van der Waals surface area contributed by atoms with Gasteiger partial charge in [-0.25, -0.2) is 0 Å². The maximum absolute atomic E-state index is 11.9. The van der Waals surface area contributed by atoms with E-state index in [0.29, 0.717) is 30.4 Å². The van der Waals surface area contributed by atoms with Crippen molar-refractivity contribution >= 4 is 11.6 Å². The van der Waals surface area contributed by atoms with Crippen molar-refractivity contribution in [2.45, 2.75) is 46.1 Å². The Morgan fingerprint density at radius 2 is 2.05 bits per heavy atom. The summed E-state index contributed by atoms with van der Waals surface area (Å²) in [6, 6.07) is 7.41. The molecular weight excluding hydrogens is 252 g/mol. The van der Waals surface area contributed by atoms with Crippen LogP contribution < -0.4 is 15.8 Å². The molecule has 0 aliphatic heterocycles. The van der Waals surface area contributed by atoms with Crippen LogP contribution in [0.15, 0.2) is 24.3 Å². The molecule has 0 heterocycles. The Hall–Kier alpha value is -1.55. The number of nitrogens with one attached hydrogen (secondary N) is 1. The Kier molecular flexibility index (Phi) is 7.09. The van der Waals surface area contributed by atoms with Gasteiger partial charge < -0.3 is 15.8 Å². The molecule has 4 heteroatoms. The lowest BCUT2D eigenvalue weighted by Gasteiger charge is -2.15. The van der Waals surface area contributed by atoms with Gasteiger partial charge in [-0.15, -0.1) is 0 Å². The highest BCUT2D eigenvalue weighted by atomic mass is 16.5. The van der Waals surface area contributed by atoms with Gasteiger partial charge in [-0.3, -0.25) is 4.79 Å². The van der Waals surface area contributed by atoms with Crippen LogP contribution in [0.5, 0.6) is 5.75 Å². The van der Waals surface area contributed by atoms with E-state index in [1.165, 1.54) is 0 Å². The topological polar surface area (TPSA) is 64.4 Å². The predicted octanol–water partition coefficient (Wildman–Crippen LogP) is 3.18. The van der Waals surface area contributed by atoms with Crippen LogP contribution in [-0.4, -0.2) is 18.6 Å². The summed E-state index contributed by atoms with van der Waals surface area (Å²) >= 11 is 0. The van der Waals surface area contributed by atoms with Crippen molar-refractivity contribution in [2.75, 3.05) is 11.9 Å².